The summed E-state index contributed by atoms with van der Waals surface area (Å²) >= 11 is 0. The summed E-state index contributed by atoms with van der Waals surface area (Å²) in [5.74, 6) is -0.614. The lowest BCUT2D eigenvalue weighted by atomic mass is 9.90. The van der Waals surface area contributed by atoms with Crippen molar-refractivity contribution in [2.24, 2.45) is 5.92 Å². The van der Waals surface area contributed by atoms with Gasteiger partial charge in [-0.1, -0.05) is 13.5 Å². The fourth-order valence-corrected chi connectivity index (χ4v) is 1.77. The van der Waals surface area contributed by atoms with Crippen molar-refractivity contribution in [3.63, 3.8) is 0 Å². The summed E-state index contributed by atoms with van der Waals surface area (Å²) in [5.41, 5.74) is 0. The van der Waals surface area contributed by atoms with Gasteiger partial charge in [-0.15, -0.1) is 0 Å². The van der Waals surface area contributed by atoms with Gasteiger partial charge in [0.05, 0.1) is 12.2 Å². The largest absolute Gasteiger partial charge is 0.390 e. The third-order valence-electron chi connectivity index (χ3n) is 2.96. The van der Waals surface area contributed by atoms with Crippen molar-refractivity contribution in [2.45, 2.75) is 31.5 Å². The van der Waals surface area contributed by atoms with E-state index in [4.69, 9.17) is 9.47 Å². The molecule has 1 aliphatic heterocycles. The van der Waals surface area contributed by atoms with E-state index in [1.54, 1.807) is 6.92 Å². The molecule has 1 amide bonds. The Hall–Kier alpha value is -0.950. The van der Waals surface area contributed by atoms with E-state index in [-0.39, 0.29) is 18.4 Å². The average Bonchev–Trinajstić information content (AvgIpc) is 2.34. The molecule has 17 heavy (non-hydrogen) atoms. The van der Waals surface area contributed by atoms with Crippen LogP contribution in [-0.4, -0.2) is 54.4 Å². The molecule has 1 heterocycles. The summed E-state index contributed by atoms with van der Waals surface area (Å²) in [7, 11) is 1.38. The van der Waals surface area contributed by atoms with Gasteiger partial charge in [-0.05, 0) is 6.08 Å². The van der Waals surface area contributed by atoms with Crippen LogP contribution in [0.25, 0.3) is 0 Å². The number of amides is 1. The minimum atomic E-state index is -1.08. The molecule has 0 aromatic rings. The zero-order valence-electron chi connectivity index (χ0n) is 10.00. The fraction of sp³-hybridized carbons (Fsp3) is 0.727. The van der Waals surface area contributed by atoms with Gasteiger partial charge < -0.3 is 25.0 Å². The van der Waals surface area contributed by atoms with E-state index < -0.39 is 24.6 Å². The molecule has 6 nitrogen and oxygen atoms in total. The Morgan fingerprint density at radius 3 is 2.71 bits per heavy atom. The summed E-state index contributed by atoms with van der Waals surface area (Å²) in [6.07, 6.45) is -2.16. The number of aliphatic hydroxyl groups is 2. The predicted molar refractivity (Wildman–Crippen MR) is 60.1 cm³/mol. The number of ether oxygens (including phenoxy) is 2. The molecule has 1 saturated heterocycles. The van der Waals surface area contributed by atoms with Crippen molar-refractivity contribution in [1.29, 1.82) is 0 Å². The third kappa shape index (κ3) is 3.26. The van der Waals surface area contributed by atoms with Gasteiger partial charge in [0.2, 0.25) is 5.91 Å². The minimum Gasteiger partial charge on any atom is -0.390 e. The first kappa shape index (κ1) is 14.1. The number of hydrogen-bond acceptors (Lipinski definition) is 5. The van der Waals surface area contributed by atoms with Gasteiger partial charge in [0.1, 0.15) is 6.10 Å². The Morgan fingerprint density at radius 1 is 1.53 bits per heavy atom. The van der Waals surface area contributed by atoms with E-state index in [1.807, 2.05) is 0 Å². The van der Waals surface area contributed by atoms with Gasteiger partial charge in [0, 0.05) is 19.6 Å². The first-order valence-corrected chi connectivity index (χ1v) is 5.46. The standard InChI is InChI=1S/C11H19NO5/c1-4-8(13)12-5-7-6(2)9(14)10(15)11(16-3)17-7/h4,6-7,9-11,14-15H,1,5H2,2-3H3,(H,12,13)/t6-,7?,9-,10-,11?/m0/s1. The minimum absolute atomic E-state index is 0.232. The third-order valence-corrected chi connectivity index (χ3v) is 2.96. The molecule has 0 bridgehead atoms. The molecule has 1 rings (SSSR count). The van der Waals surface area contributed by atoms with Crippen LogP contribution < -0.4 is 5.32 Å². The lowest BCUT2D eigenvalue weighted by Gasteiger charge is -2.40. The Morgan fingerprint density at radius 2 is 2.18 bits per heavy atom. The molecule has 0 aromatic heterocycles. The quantitative estimate of drug-likeness (QED) is 0.554. The van der Waals surface area contributed by atoms with Crippen LogP contribution in [-0.2, 0) is 14.3 Å². The van der Waals surface area contributed by atoms with Crippen LogP contribution in [0, 0.1) is 5.92 Å². The summed E-state index contributed by atoms with van der Waals surface area (Å²) < 4.78 is 10.4. The van der Waals surface area contributed by atoms with Gasteiger partial charge in [-0.25, -0.2) is 0 Å². The maximum atomic E-state index is 11.0. The van der Waals surface area contributed by atoms with Crippen LogP contribution in [0.2, 0.25) is 0 Å². The molecule has 0 aliphatic carbocycles. The summed E-state index contributed by atoms with van der Waals surface area (Å²) in [4.78, 5) is 11.0. The maximum Gasteiger partial charge on any atom is 0.243 e. The smallest absolute Gasteiger partial charge is 0.243 e. The van der Waals surface area contributed by atoms with Crippen molar-refractivity contribution < 1.29 is 24.5 Å². The van der Waals surface area contributed by atoms with E-state index in [9.17, 15) is 15.0 Å². The number of carbonyl (C=O) groups excluding carboxylic acids is 1. The highest BCUT2D eigenvalue weighted by Crippen LogP contribution is 2.25. The highest BCUT2D eigenvalue weighted by atomic mass is 16.7. The molecule has 1 fully saturated rings. The Kier molecular flexibility index (Phi) is 5.07. The maximum absolute atomic E-state index is 11.0. The Labute approximate surface area is 100 Å². The molecular formula is C11H19NO5. The zero-order valence-corrected chi connectivity index (χ0v) is 10.00. The molecule has 2 unspecified atom stereocenters. The van der Waals surface area contributed by atoms with Crippen molar-refractivity contribution in [3.05, 3.63) is 12.7 Å². The van der Waals surface area contributed by atoms with Gasteiger partial charge in [0.25, 0.3) is 0 Å². The fourth-order valence-electron chi connectivity index (χ4n) is 1.77. The summed E-state index contributed by atoms with van der Waals surface area (Å²) in [6.45, 7) is 5.31. The van der Waals surface area contributed by atoms with E-state index in [0.29, 0.717) is 0 Å². The lowest BCUT2D eigenvalue weighted by Crippen LogP contribution is -2.56. The van der Waals surface area contributed by atoms with E-state index in [2.05, 4.69) is 11.9 Å². The molecule has 0 aromatic carbocycles. The van der Waals surface area contributed by atoms with E-state index in [1.165, 1.54) is 7.11 Å². The Balaban J connectivity index is 2.59. The number of hydrogen-bond donors (Lipinski definition) is 3. The van der Waals surface area contributed by atoms with Crippen molar-refractivity contribution in [1.82, 2.24) is 5.32 Å². The molecule has 1 aliphatic rings. The van der Waals surface area contributed by atoms with Gasteiger partial charge >= 0.3 is 0 Å². The predicted octanol–water partition coefficient (Wildman–Crippen LogP) is -0.982. The van der Waals surface area contributed by atoms with Gasteiger partial charge in [0.15, 0.2) is 6.29 Å². The van der Waals surface area contributed by atoms with Crippen LogP contribution in [0.5, 0.6) is 0 Å². The molecule has 5 atom stereocenters. The summed E-state index contributed by atoms with van der Waals surface area (Å²) in [6, 6.07) is 0. The van der Waals surface area contributed by atoms with Crippen LogP contribution in [0.4, 0.5) is 0 Å². The van der Waals surface area contributed by atoms with Crippen LogP contribution in [0.15, 0.2) is 12.7 Å². The molecule has 0 spiro atoms. The van der Waals surface area contributed by atoms with Crippen LogP contribution in [0.3, 0.4) is 0 Å². The number of rotatable bonds is 4. The van der Waals surface area contributed by atoms with Crippen LogP contribution >= 0.6 is 0 Å². The number of aliphatic hydroxyl groups excluding tert-OH is 2. The number of carbonyl (C=O) groups is 1. The first-order chi connectivity index (χ1) is 8.01. The molecule has 0 radical (unpaired) electrons. The second-order valence-electron chi connectivity index (χ2n) is 4.07. The lowest BCUT2D eigenvalue weighted by molar-refractivity contribution is -0.274. The molecular weight excluding hydrogens is 226 g/mol. The number of methoxy groups -OCH3 is 1. The van der Waals surface area contributed by atoms with Crippen molar-refractivity contribution in [2.75, 3.05) is 13.7 Å². The van der Waals surface area contributed by atoms with E-state index >= 15 is 0 Å². The highest BCUT2D eigenvalue weighted by Gasteiger charge is 2.42. The zero-order chi connectivity index (χ0) is 13.0. The van der Waals surface area contributed by atoms with Crippen molar-refractivity contribution >= 4 is 5.91 Å². The monoisotopic (exact) mass is 245 g/mol. The second kappa shape index (κ2) is 6.11. The Bertz CT molecular complexity index is 281. The molecule has 0 saturated carbocycles. The molecule has 6 heteroatoms. The molecule has 98 valence electrons. The number of nitrogens with one attached hydrogen (secondary N) is 1. The normalized spacial score (nSPS) is 37.5. The molecule has 3 N–H and O–H groups in total. The first-order valence-electron chi connectivity index (χ1n) is 5.46. The highest BCUT2D eigenvalue weighted by molar-refractivity contribution is 5.86. The van der Waals surface area contributed by atoms with Crippen LogP contribution in [0.1, 0.15) is 6.92 Å². The average molecular weight is 245 g/mol. The second-order valence-corrected chi connectivity index (χ2v) is 4.07. The van der Waals surface area contributed by atoms with E-state index in [0.717, 1.165) is 6.08 Å². The summed E-state index contributed by atoms with van der Waals surface area (Å²) in [5, 5.41) is 22.0. The SMILES string of the molecule is C=CC(=O)NCC1OC(OC)[C@@H](O)[C@@H](O)[C@H]1C. The van der Waals surface area contributed by atoms with Gasteiger partial charge in [-0.2, -0.15) is 0 Å². The van der Waals surface area contributed by atoms with Crippen molar-refractivity contribution in [3.8, 4) is 0 Å². The van der Waals surface area contributed by atoms with Gasteiger partial charge in [-0.3, -0.25) is 4.79 Å². The topological polar surface area (TPSA) is 88.0 Å².